The number of carbonyl (C=O) groups is 1. The lowest BCUT2D eigenvalue weighted by molar-refractivity contribution is 0.0944. The number of benzene rings is 3. The first-order chi connectivity index (χ1) is 15.2. The van der Waals surface area contributed by atoms with Gasteiger partial charge in [-0.25, -0.2) is 0 Å². The van der Waals surface area contributed by atoms with Gasteiger partial charge in [-0.1, -0.05) is 72.3 Å². The average Bonchev–Trinajstić information content (AvgIpc) is 3.17. The fraction of sp³-hybridized carbons (Fsp3) is 0.192. The second kappa shape index (κ2) is 9.92. The monoisotopic (exact) mass is 432 g/mol. The van der Waals surface area contributed by atoms with Crippen LogP contribution in [0.15, 0.2) is 85.1 Å². The van der Waals surface area contributed by atoms with Crippen molar-refractivity contribution in [1.29, 1.82) is 0 Å². The molecule has 0 saturated heterocycles. The Labute approximate surface area is 187 Å². The summed E-state index contributed by atoms with van der Waals surface area (Å²) in [4.78, 5) is 13.7. The topological polar surface area (TPSA) is 54.3 Å². The van der Waals surface area contributed by atoms with Crippen LogP contribution in [0.25, 0.3) is 10.9 Å². The molecule has 0 bridgehead atoms. The smallest absolute Gasteiger partial charge is 0.186 e. The summed E-state index contributed by atoms with van der Waals surface area (Å²) in [5.41, 5.74) is 3.71. The van der Waals surface area contributed by atoms with Gasteiger partial charge in [0, 0.05) is 40.8 Å². The van der Waals surface area contributed by atoms with Gasteiger partial charge in [-0.3, -0.25) is 4.79 Å². The lowest BCUT2D eigenvalue weighted by Crippen LogP contribution is -2.30. The number of nitrogens with zero attached hydrogens (tertiary/aromatic N) is 1. The van der Waals surface area contributed by atoms with Gasteiger partial charge in [0.25, 0.3) is 0 Å². The van der Waals surface area contributed by atoms with E-state index in [4.69, 9.17) is 11.6 Å². The van der Waals surface area contributed by atoms with Crippen LogP contribution in [-0.2, 0) is 13.0 Å². The summed E-state index contributed by atoms with van der Waals surface area (Å²) in [6.07, 6.45) is 2.65. The number of halogens is 1. The Kier molecular flexibility index (Phi) is 6.82. The van der Waals surface area contributed by atoms with Crippen LogP contribution in [0.3, 0.4) is 0 Å². The SMILES string of the molecule is O=C(c1cn(CCO)c2ccccc12)[C@H](NCCc1ccc(Cl)cc1)c1ccccc1. The minimum atomic E-state index is -0.457. The van der Waals surface area contributed by atoms with Crippen LogP contribution in [0.1, 0.15) is 27.5 Å². The molecule has 4 rings (SSSR count). The maximum Gasteiger partial charge on any atom is 0.186 e. The molecular weight excluding hydrogens is 408 g/mol. The Bertz CT molecular complexity index is 1150. The molecule has 0 amide bonds. The lowest BCUT2D eigenvalue weighted by atomic mass is 9.96. The van der Waals surface area contributed by atoms with Gasteiger partial charge >= 0.3 is 0 Å². The Morgan fingerprint density at radius 2 is 1.68 bits per heavy atom. The number of aliphatic hydroxyl groups excluding tert-OH is 1. The Morgan fingerprint density at radius 3 is 2.42 bits per heavy atom. The molecule has 0 fully saturated rings. The summed E-state index contributed by atoms with van der Waals surface area (Å²) in [7, 11) is 0. The predicted molar refractivity (Wildman–Crippen MR) is 126 cm³/mol. The van der Waals surface area contributed by atoms with E-state index >= 15 is 0 Å². The number of aliphatic hydroxyl groups is 1. The molecule has 3 aromatic carbocycles. The first-order valence-corrected chi connectivity index (χ1v) is 10.8. The minimum Gasteiger partial charge on any atom is -0.395 e. The summed E-state index contributed by atoms with van der Waals surface area (Å²) in [6.45, 7) is 1.13. The molecular formula is C26H25ClN2O2. The van der Waals surface area contributed by atoms with Crippen LogP contribution in [0.4, 0.5) is 0 Å². The minimum absolute atomic E-state index is 0.0216. The molecule has 2 N–H and O–H groups in total. The zero-order valence-electron chi connectivity index (χ0n) is 17.2. The highest BCUT2D eigenvalue weighted by Gasteiger charge is 2.24. The molecule has 0 saturated carbocycles. The predicted octanol–water partition coefficient (Wildman–Crippen LogP) is 5.04. The summed E-state index contributed by atoms with van der Waals surface area (Å²) in [6, 6.07) is 25.0. The van der Waals surface area contributed by atoms with Crippen molar-refractivity contribution in [1.82, 2.24) is 9.88 Å². The van der Waals surface area contributed by atoms with E-state index in [1.807, 2.05) is 89.6 Å². The number of fused-ring (bicyclic) bond motifs is 1. The quantitative estimate of drug-likeness (QED) is 0.364. The summed E-state index contributed by atoms with van der Waals surface area (Å²) in [5.74, 6) is 0.0233. The molecule has 1 aromatic heterocycles. The molecule has 1 heterocycles. The number of aromatic nitrogens is 1. The summed E-state index contributed by atoms with van der Waals surface area (Å²) < 4.78 is 1.94. The van der Waals surface area contributed by atoms with E-state index in [2.05, 4.69) is 5.32 Å². The van der Waals surface area contributed by atoms with Gasteiger partial charge in [-0.2, -0.15) is 0 Å². The molecule has 4 nitrogen and oxygen atoms in total. The molecule has 0 aliphatic carbocycles. The number of carbonyl (C=O) groups excluding carboxylic acids is 1. The van der Waals surface area contributed by atoms with Crippen LogP contribution < -0.4 is 5.32 Å². The lowest BCUT2D eigenvalue weighted by Gasteiger charge is -2.18. The Balaban J connectivity index is 1.62. The third-order valence-electron chi connectivity index (χ3n) is 5.47. The zero-order chi connectivity index (χ0) is 21.6. The van der Waals surface area contributed by atoms with Gasteiger partial charge in [-0.15, -0.1) is 0 Å². The number of Topliss-reactive ketones (excluding diaryl/α,β-unsaturated/α-hetero) is 1. The van der Waals surface area contributed by atoms with Crippen molar-refractivity contribution in [3.63, 3.8) is 0 Å². The fourth-order valence-electron chi connectivity index (χ4n) is 3.91. The molecule has 158 valence electrons. The van der Waals surface area contributed by atoms with Crippen molar-refractivity contribution in [3.8, 4) is 0 Å². The van der Waals surface area contributed by atoms with Gasteiger partial charge < -0.3 is 15.0 Å². The maximum atomic E-state index is 13.7. The number of rotatable bonds is 9. The van der Waals surface area contributed by atoms with E-state index in [1.165, 1.54) is 0 Å². The van der Waals surface area contributed by atoms with Crippen molar-refractivity contribution in [2.45, 2.75) is 19.0 Å². The standard InChI is InChI=1S/C26H25ClN2O2/c27-21-12-10-19(11-13-21)14-15-28-25(20-6-2-1-3-7-20)26(31)23-18-29(16-17-30)24-9-5-4-8-22(23)24/h1-13,18,25,28,30H,14-17H2/t25-/m1/s1. The van der Waals surface area contributed by atoms with Crippen molar-refractivity contribution >= 4 is 28.3 Å². The first-order valence-electron chi connectivity index (χ1n) is 10.4. The molecule has 0 spiro atoms. The Hall–Kier alpha value is -2.92. The number of hydrogen-bond acceptors (Lipinski definition) is 3. The largest absolute Gasteiger partial charge is 0.395 e. The van der Waals surface area contributed by atoms with E-state index in [0.29, 0.717) is 23.7 Å². The number of nitrogens with one attached hydrogen (secondary N) is 1. The van der Waals surface area contributed by atoms with Crippen LogP contribution in [0.5, 0.6) is 0 Å². The fourth-order valence-corrected chi connectivity index (χ4v) is 4.04. The second-order valence-electron chi connectivity index (χ2n) is 7.52. The first kappa shape index (κ1) is 21.3. The van der Waals surface area contributed by atoms with E-state index in [0.717, 1.165) is 28.5 Å². The van der Waals surface area contributed by atoms with Gasteiger partial charge in [0.2, 0.25) is 0 Å². The van der Waals surface area contributed by atoms with Crippen LogP contribution >= 0.6 is 11.6 Å². The number of hydrogen-bond donors (Lipinski definition) is 2. The van der Waals surface area contributed by atoms with Crippen molar-refractivity contribution < 1.29 is 9.90 Å². The number of ketones is 1. The maximum absolute atomic E-state index is 13.7. The van der Waals surface area contributed by atoms with Gasteiger partial charge in [0.15, 0.2) is 5.78 Å². The zero-order valence-corrected chi connectivity index (χ0v) is 17.9. The van der Waals surface area contributed by atoms with Crippen LogP contribution in [0, 0.1) is 0 Å². The van der Waals surface area contributed by atoms with E-state index in [1.54, 1.807) is 0 Å². The third-order valence-corrected chi connectivity index (χ3v) is 5.72. The second-order valence-corrected chi connectivity index (χ2v) is 7.95. The molecule has 31 heavy (non-hydrogen) atoms. The molecule has 4 aromatic rings. The highest BCUT2D eigenvalue weighted by Crippen LogP contribution is 2.27. The molecule has 0 aliphatic heterocycles. The van der Waals surface area contributed by atoms with Gasteiger partial charge in [-0.05, 0) is 35.7 Å². The average molecular weight is 433 g/mol. The molecule has 0 aliphatic rings. The molecule has 5 heteroatoms. The molecule has 1 atom stereocenters. The summed E-state index contributed by atoms with van der Waals surface area (Å²) >= 11 is 5.98. The molecule has 0 unspecified atom stereocenters. The highest BCUT2D eigenvalue weighted by molar-refractivity contribution is 6.30. The van der Waals surface area contributed by atoms with Crippen LogP contribution in [-0.4, -0.2) is 28.6 Å². The van der Waals surface area contributed by atoms with Crippen LogP contribution in [0.2, 0.25) is 5.02 Å². The highest BCUT2D eigenvalue weighted by atomic mass is 35.5. The van der Waals surface area contributed by atoms with Crippen molar-refractivity contribution in [3.05, 3.63) is 107 Å². The van der Waals surface area contributed by atoms with Gasteiger partial charge in [0.1, 0.15) is 0 Å². The van der Waals surface area contributed by atoms with E-state index in [-0.39, 0.29) is 12.4 Å². The normalized spacial score (nSPS) is 12.2. The Morgan fingerprint density at radius 1 is 0.968 bits per heavy atom. The van der Waals surface area contributed by atoms with E-state index in [9.17, 15) is 9.90 Å². The van der Waals surface area contributed by atoms with Crippen molar-refractivity contribution in [2.75, 3.05) is 13.2 Å². The van der Waals surface area contributed by atoms with Gasteiger partial charge in [0.05, 0.1) is 12.6 Å². The summed E-state index contributed by atoms with van der Waals surface area (Å²) in [5, 5.41) is 14.5. The third kappa shape index (κ3) is 4.88. The van der Waals surface area contributed by atoms with E-state index < -0.39 is 6.04 Å². The molecule has 0 radical (unpaired) electrons. The number of para-hydroxylation sites is 1. The van der Waals surface area contributed by atoms with Crippen molar-refractivity contribution in [2.24, 2.45) is 0 Å².